The molecule has 0 N–H and O–H groups in total. The van der Waals surface area contributed by atoms with Crippen LogP contribution in [0.5, 0.6) is 0 Å². The number of hydrogen-bond acceptors (Lipinski definition) is 2. The van der Waals surface area contributed by atoms with E-state index in [0.717, 1.165) is 48.0 Å². The fourth-order valence-electron chi connectivity index (χ4n) is 3.95. The Labute approximate surface area is 170 Å². The first-order valence-corrected chi connectivity index (χ1v) is 11.1. The van der Waals surface area contributed by atoms with Gasteiger partial charge in [-0.3, -0.25) is 4.79 Å². The second kappa shape index (κ2) is 10.6. The van der Waals surface area contributed by atoms with E-state index in [4.69, 9.17) is 4.74 Å². The summed E-state index contributed by atoms with van der Waals surface area (Å²) in [5.41, 5.74) is 1.92. The van der Waals surface area contributed by atoms with Crippen molar-refractivity contribution in [3.8, 4) is 0 Å². The highest BCUT2D eigenvalue weighted by atomic mass is 16.6. The Morgan fingerprint density at radius 1 is 1.00 bits per heavy atom. The zero-order valence-electron chi connectivity index (χ0n) is 17.6. The number of ether oxygens (including phenoxy) is 1. The predicted octanol–water partition coefficient (Wildman–Crippen LogP) is 6.13. The summed E-state index contributed by atoms with van der Waals surface area (Å²) >= 11 is 0. The van der Waals surface area contributed by atoms with Gasteiger partial charge in [0.25, 0.3) is 5.91 Å². The third-order valence-electron chi connectivity index (χ3n) is 5.75. The number of hydrogen-bond donors (Lipinski definition) is 0. The number of carbonyl (C=O) groups excluding carboxylic acids is 1. The lowest BCUT2D eigenvalue weighted by molar-refractivity contribution is 0.0740. The van der Waals surface area contributed by atoms with Gasteiger partial charge in [0.15, 0.2) is 0 Å². The Bertz CT molecular complexity index is 766. The predicted molar refractivity (Wildman–Crippen MR) is 117 cm³/mol. The number of unbranched alkanes of at least 4 members (excludes halogenated alkanes) is 7. The number of rotatable bonds is 12. The zero-order chi connectivity index (χ0) is 19.8. The lowest BCUT2D eigenvalue weighted by atomic mass is 9.98. The van der Waals surface area contributed by atoms with E-state index in [0.29, 0.717) is 0 Å². The molecular weight excluding hydrogens is 346 g/mol. The zero-order valence-corrected chi connectivity index (χ0v) is 17.6. The molecule has 1 heterocycles. The molecule has 152 valence electrons. The van der Waals surface area contributed by atoms with E-state index in [9.17, 15) is 4.79 Å². The Morgan fingerprint density at radius 2 is 1.68 bits per heavy atom. The van der Waals surface area contributed by atoms with Gasteiger partial charge in [0.1, 0.15) is 0 Å². The van der Waals surface area contributed by atoms with Crippen molar-refractivity contribution in [3.63, 3.8) is 0 Å². The van der Waals surface area contributed by atoms with Gasteiger partial charge in [0.2, 0.25) is 0 Å². The van der Waals surface area contributed by atoms with Gasteiger partial charge in [-0.25, -0.2) is 0 Å². The van der Waals surface area contributed by atoms with Crippen LogP contribution in [0.1, 0.15) is 74.2 Å². The highest BCUT2D eigenvalue weighted by Gasteiger charge is 2.29. The molecule has 0 saturated carbocycles. The monoisotopic (exact) mass is 381 g/mol. The molecule has 1 aliphatic rings. The molecule has 1 aliphatic heterocycles. The quantitative estimate of drug-likeness (QED) is 0.327. The number of benzene rings is 2. The first-order chi connectivity index (χ1) is 13.7. The van der Waals surface area contributed by atoms with Crippen LogP contribution in [0.25, 0.3) is 10.8 Å². The molecule has 1 saturated heterocycles. The summed E-state index contributed by atoms with van der Waals surface area (Å²) in [7, 11) is 0. The van der Waals surface area contributed by atoms with Crippen molar-refractivity contribution in [1.29, 1.82) is 0 Å². The van der Waals surface area contributed by atoms with Gasteiger partial charge in [-0.05, 0) is 29.7 Å². The summed E-state index contributed by atoms with van der Waals surface area (Å²) in [5, 5.41) is 2.19. The third-order valence-corrected chi connectivity index (χ3v) is 5.75. The minimum absolute atomic E-state index is 0.160. The molecule has 3 heteroatoms. The standard InChI is InChI=1S/C25H35NO2/c1-3-4-5-6-7-8-9-12-17-26(18-22-19-28-22)25(27)24-20(2)15-16-21-13-10-11-14-23(21)24/h10-11,13-16,22H,3-9,12,17-19H2,1-2H3. The van der Waals surface area contributed by atoms with E-state index in [1.54, 1.807) is 0 Å². The van der Waals surface area contributed by atoms with Gasteiger partial charge in [-0.1, -0.05) is 88.3 Å². The first kappa shape index (κ1) is 20.9. The Hall–Kier alpha value is -1.87. The molecule has 0 radical (unpaired) electrons. The Kier molecular flexibility index (Phi) is 7.90. The summed E-state index contributed by atoms with van der Waals surface area (Å²) < 4.78 is 5.43. The van der Waals surface area contributed by atoms with Crippen molar-refractivity contribution in [3.05, 3.63) is 47.5 Å². The number of aryl methyl sites for hydroxylation is 1. The van der Waals surface area contributed by atoms with Crippen molar-refractivity contribution < 1.29 is 9.53 Å². The maximum Gasteiger partial charge on any atom is 0.254 e. The van der Waals surface area contributed by atoms with Crippen LogP contribution in [-0.2, 0) is 4.74 Å². The summed E-state index contributed by atoms with van der Waals surface area (Å²) in [4.78, 5) is 15.5. The molecular formula is C25H35NO2. The SMILES string of the molecule is CCCCCCCCCCN(CC1CO1)C(=O)c1c(C)ccc2ccccc12. The lowest BCUT2D eigenvalue weighted by Gasteiger charge is -2.24. The smallest absolute Gasteiger partial charge is 0.254 e. The molecule has 1 amide bonds. The van der Waals surface area contributed by atoms with Crippen LogP contribution in [0.4, 0.5) is 0 Å². The molecule has 2 aromatic rings. The van der Waals surface area contributed by atoms with Crippen LogP contribution in [0.2, 0.25) is 0 Å². The maximum absolute atomic E-state index is 13.5. The number of nitrogens with zero attached hydrogens (tertiary/aromatic N) is 1. The van der Waals surface area contributed by atoms with Crippen LogP contribution in [0, 0.1) is 6.92 Å². The van der Waals surface area contributed by atoms with E-state index in [2.05, 4.69) is 31.2 Å². The van der Waals surface area contributed by atoms with Gasteiger partial charge in [0, 0.05) is 13.1 Å². The van der Waals surface area contributed by atoms with Crippen molar-refractivity contribution in [1.82, 2.24) is 4.90 Å². The lowest BCUT2D eigenvalue weighted by Crippen LogP contribution is -2.35. The second-order valence-corrected chi connectivity index (χ2v) is 8.16. The highest BCUT2D eigenvalue weighted by molar-refractivity contribution is 6.08. The molecule has 3 nitrogen and oxygen atoms in total. The summed E-state index contributed by atoms with van der Waals surface area (Å²) in [6, 6.07) is 12.4. The average Bonchev–Trinajstić information content (AvgIpc) is 3.52. The Balaban J connectivity index is 1.60. The molecule has 28 heavy (non-hydrogen) atoms. The summed E-state index contributed by atoms with van der Waals surface area (Å²) in [5.74, 6) is 0.160. The van der Waals surface area contributed by atoms with Crippen molar-refractivity contribution in [2.45, 2.75) is 71.3 Å². The normalized spacial score (nSPS) is 15.7. The van der Waals surface area contributed by atoms with Crippen LogP contribution in [0.3, 0.4) is 0 Å². The van der Waals surface area contributed by atoms with Crippen LogP contribution >= 0.6 is 0 Å². The van der Waals surface area contributed by atoms with Crippen LogP contribution < -0.4 is 0 Å². The fourth-order valence-corrected chi connectivity index (χ4v) is 3.95. The Morgan fingerprint density at radius 3 is 2.39 bits per heavy atom. The largest absolute Gasteiger partial charge is 0.371 e. The number of epoxide rings is 1. The molecule has 1 unspecified atom stereocenters. The van der Waals surface area contributed by atoms with Crippen LogP contribution in [-0.4, -0.2) is 36.6 Å². The molecule has 0 aliphatic carbocycles. The highest BCUT2D eigenvalue weighted by Crippen LogP contribution is 2.25. The minimum Gasteiger partial charge on any atom is -0.371 e. The molecule has 0 bridgehead atoms. The molecule has 1 atom stereocenters. The molecule has 0 spiro atoms. The minimum atomic E-state index is 0.160. The number of amides is 1. The summed E-state index contributed by atoms with van der Waals surface area (Å²) in [6.07, 6.45) is 10.5. The van der Waals surface area contributed by atoms with E-state index < -0.39 is 0 Å². The van der Waals surface area contributed by atoms with Crippen LogP contribution in [0.15, 0.2) is 36.4 Å². The van der Waals surface area contributed by atoms with Gasteiger partial charge in [-0.15, -0.1) is 0 Å². The van der Waals surface area contributed by atoms with E-state index in [1.807, 2.05) is 24.0 Å². The van der Waals surface area contributed by atoms with E-state index in [-0.39, 0.29) is 12.0 Å². The topological polar surface area (TPSA) is 32.8 Å². The molecule has 3 rings (SSSR count). The van der Waals surface area contributed by atoms with Gasteiger partial charge < -0.3 is 9.64 Å². The van der Waals surface area contributed by atoms with Gasteiger partial charge >= 0.3 is 0 Å². The average molecular weight is 382 g/mol. The first-order valence-electron chi connectivity index (χ1n) is 11.1. The second-order valence-electron chi connectivity index (χ2n) is 8.16. The van der Waals surface area contributed by atoms with Crippen molar-refractivity contribution in [2.75, 3.05) is 19.7 Å². The molecule has 0 aromatic heterocycles. The fraction of sp³-hybridized carbons (Fsp3) is 0.560. The maximum atomic E-state index is 13.5. The van der Waals surface area contributed by atoms with Crippen molar-refractivity contribution >= 4 is 16.7 Å². The van der Waals surface area contributed by atoms with E-state index in [1.165, 1.54) is 44.9 Å². The summed E-state index contributed by atoms with van der Waals surface area (Å²) in [6.45, 7) is 6.64. The number of carbonyl (C=O) groups is 1. The molecule has 2 aromatic carbocycles. The van der Waals surface area contributed by atoms with Gasteiger partial charge in [-0.2, -0.15) is 0 Å². The van der Waals surface area contributed by atoms with Gasteiger partial charge in [0.05, 0.1) is 18.3 Å². The van der Waals surface area contributed by atoms with E-state index >= 15 is 0 Å². The number of fused-ring (bicyclic) bond motifs is 1. The molecule has 1 fully saturated rings. The third kappa shape index (κ3) is 5.81. The van der Waals surface area contributed by atoms with Crippen molar-refractivity contribution in [2.24, 2.45) is 0 Å².